The molecule has 0 saturated carbocycles. The summed E-state index contributed by atoms with van der Waals surface area (Å²) in [7, 11) is 1.61. The predicted octanol–water partition coefficient (Wildman–Crippen LogP) is 2.58. The Labute approximate surface area is 123 Å². The number of hydrogen-bond acceptors (Lipinski definition) is 4. The molecule has 2 N–H and O–H groups in total. The lowest BCUT2D eigenvalue weighted by Gasteiger charge is -2.04. The molecule has 0 unspecified atom stereocenters. The van der Waals surface area contributed by atoms with Crippen LogP contribution in [0.1, 0.15) is 5.69 Å². The standard InChI is InChI=1S/C16H16N4O/c1-21-16-8-4-5-13(19-16)11-20-10-12(9-18-20)14-6-2-3-7-15(14)17/h2-10H,11,17H2,1H3. The van der Waals surface area contributed by atoms with E-state index >= 15 is 0 Å². The minimum absolute atomic E-state index is 0.587. The molecule has 3 aromatic rings. The minimum Gasteiger partial charge on any atom is -0.481 e. The van der Waals surface area contributed by atoms with Gasteiger partial charge in [0, 0.05) is 29.1 Å². The first kappa shape index (κ1) is 13.2. The second kappa shape index (κ2) is 5.66. The summed E-state index contributed by atoms with van der Waals surface area (Å²) in [6, 6.07) is 13.4. The van der Waals surface area contributed by atoms with E-state index in [1.165, 1.54) is 0 Å². The largest absolute Gasteiger partial charge is 0.481 e. The molecule has 0 aliphatic heterocycles. The Bertz CT molecular complexity index is 751. The van der Waals surface area contributed by atoms with Gasteiger partial charge in [-0.25, -0.2) is 4.98 Å². The van der Waals surface area contributed by atoms with Gasteiger partial charge in [0.15, 0.2) is 0 Å². The highest BCUT2D eigenvalue weighted by Crippen LogP contribution is 2.24. The fraction of sp³-hybridized carbons (Fsp3) is 0.125. The van der Waals surface area contributed by atoms with Crippen LogP contribution in [0, 0.1) is 0 Å². The zero-order valence-corrected chi connectivity index (χ0v) is 11.7. The summed E-state index contributed by atoms with van der Waals surface area (Å²) in [6.07, 6.45) is 3.78. The third-order valence-corrected chi connectivity index (χ3v) is 3.22. The monoisotopic (exact) mass is 280 g/mol. The van der Waals surface area contributed by atoms with Gasteiger partial charge in [-0.3, -0.25) is 4.68 Å². The molecule has 0 atom stereocenters. The normalized spacial score (nSPS) is 10.5. The number of para-hydroxylation sites is 1. The van der Waals surface area contributed by atoms with E-state index in [2.05, 4.69) is 10.1 Å². The van der Waals surface area contributed by atoms with Crippen molar-refractivity contribution in [1.82, 2.24) is 14.8 Å². The first-order chi connectivity index (χ1) is 10.3. The lowest BCUT2D eigenvalue weighted by atomic mass is 10.1. The lowest BCUT2D eigenvalue weighted by Crippen LogP contribution is -2.02. The van der Waals surface area contributed by atoms with Crippen molar-refractivity contribution in [2.45, 2.75) is 6.54 Å². The number of aromatic nitrogens is 3. The van der Waals surface area contributed by atoms with Crippen molar-refractivity contribution >= 4 is 5.69 Å². The summed E-state index contributed by atoms with van der Waals surface area (Å²) in [5.74, 6) is 0.604. The van der Waals surface area contributed by atoms with E-state index in [9.17, 15) is 0 Å². The number of nitrogens with zero attached hydrogens (tertiary/aromatic N) is 3. The van der Waals surface area contributed by atoms with Crippen LogP contribution in [0.25, 0.3) is 11.1 Å². The SMILES string of the molecule is COc1cccc(Cn2cc(-c3ccccc3N)cn2)n1. The number of ether oxygens (including phenoxy) is 1. The van der Waals surface area contributed by atoms with Gasteiger partial charge in [0.05, 0.1) is 25.5 Å². The van der Waals surface area contributed by atoms with E-state index in [-0.39, 0.29) is 0 Å². The zero-order chi connectivity index (χ0) is 14.7. The van der Waals surface area contributed by atoms with Crippen molar-refractivity contribution in [2.75, 3.05) is 12.8 Å². The van der Waals surface area contributed by atoms with Gasteiger partial charge in [-0.05, 0) is 12.1 Å². The molecule has 0 radical (unpaired) electrons. The Balaban J connectivity index is 1.84. The number of hydrogen-bond donors (Lipinski definition) is 1. The van der Waals surface area contributed by atoms with Crippen LogP contribution in [0.15, 0.2) is 54.9 Å². The second-order valence-electron chi connectivity index (χ2n) is 4.69. The van der Waals surface area contributed by atoms with Crippen molar-refractivity contribution in [3.63, 3.8) is 0 Å². The van der Waals surface area contributed by atoms with Crippen molar-refractivity contribution in [2.24, 2.45) is 0 Å². The zero-order valence-electron chi connectivity index (χ0n) is 11.7. The van der Waals surface area contributed by atoms with Crippen LogP contribution < -0.4 is 10.5 Å². The van der Waals surface area contributed by atoms with E-state index in [1.807, 2.05) is 59.5 Å². The second-order valence-corrected chi connectivity index (χ2v) is 4.69. The number of pyridine rings is 1. The van der Waals surface area contributed by atoms with E-state index in [0.717, 1.165) is 22.5 Å². The highest BCUT2D eigenvalue weighted by atomic mass is 16.5. The Hall–Kier alpha value is -2.82. The molecular formula is C16H16N4O. The van der Waals surface area contributed by atoms with Crippen molar-refractivity contribution < 1.29 is 4.74 Å². The molecule has 5 nitrogen and oxygen atoms in total. The Morgan fingerprint density at radius 3 is 2.81 bits per heavy atom. The van der Waals surface area contributed by atoms with Crippen molar-refractivity contribution in [3.05, 3.63) is 60.6 Å². The topological polar surface area (TPSA) is 66.0 Å². The molecule has 0 amide bonds. The molecule has 0 aliphatic carbocycles. The number of rotatable bonds is 4. The minimum atomic E-state index is 0.587. The van der Waals surface area contributed by atoms with Gasteiger partial charge < -0.3 is 10.5 Å². The summed E-state index contributed by atoms with van der Waals surface area (Å²) in [6.45, 7) is 0.587. The van der Waals surface area contributed by atoms with Crippen LogP contribution in [0.2, 0.25) is 0 Å². The predicted molar refractivity (Wildman–Crippen MR) is 82.0 cm³/mol. The average Bonchev–Trinajstić information content (AvgIpc) is 2.96. The molecule has 2 heterocycles. The quantitative estimate of drug-likeness (QED) is 0.746. The number of anilines is 1. The lowest BCUT2D eigenvalue weighted by molar-refractivity contribution is 0.395. The van der Waals surface area contributed by atoms with Gasteiger partial charge in [0.2, 0.25) is 5.88 Å². The molecule has 0 aliphatic rings. The number of nitrogens with two attached hydrogens (primary N) is 1. The Kier molecular flexibility index (Phi) is 3.55. The Morgan fingerprint density at radius 2 is 2.00 bits per heavy atom. The molecular weight excluding hydrogens is 264 g/mol. The summed E-state index contributed by atoms with van der Waals surface area (Å²) >= 11 is 0. The van der Waals surface area contributed by atoms with Crippen LogP contribution in [0.5, 0.6) is 5.88 Å². The maximum absolute atomic E-state index is 5.99. The maximum Gasteiger partial charge on any atom is 0.213 e. The molecule has 0 fully saturated rings. The third-order valence-electron chi connectivity index (χ3n) is 3.22. The molecule has 106 valence electrons. The molecule has 3 rings (SSSR count). The summed E-state index contributed by atoms with van der Waals surface area (Å²) in [4.78, 5) is 4.38. The highest BCUT2D eigenvalue weighted by molar-refractivity contribution is 5.75. The molecule has 0 spiro atoms. The summed E-state index contributed by atoms with van der Waals surface area (Å²) < 4.78 is 6.96. The fourth-order valence-corrected chi connectivity index (χ4v) is 2.17. The van der Waals surface area contributed by atoms with Crippen LogP contribution in [0.3, 0.4) is 0 Å². The van der Waals surface area contributed by atoms with Gasteiger partial charge in [0.1, 0.15) is 0 Å². The van der Waals surface area contributed by atoms with E-state index in [1.54, 1.807) is 7.11 Å². The van der Waals surface area contributed by atoms with Crippen LogP contribution >= 0.6 is 0 Å². The maximum atomic E-state index is 5.99. The summed E-state index contributed by atoms with van der Waals surface area (Å²) in [5.41, 5.74) is 9.61. The molecule has 21 heavy (non-hydrogen) atoms. The van der Waals surface area contributed by atoms with E-state index in [0.29, 0.717) is 12.4 Å². The number of nitrogen functional groups attached to an aromatic ring is 1. The first-order valence-corrected chi connectivity index (χ1v) is 6.63. The third kappa shape index (κ3) is 2.86. The van der Waals surface area contributed by atoms with Gasteiger partial charge in [-0.1, -0.05) is 24.3 Å². The van der Waals surface area contributed by atoms with Crippen LogP contribution in [-0.4, -0.2) is 21.9 Å². The average molecular weight is 280 g/mol. The van der Waals surface area contributed by atoms with Crippen LogP contribution in [-0.2, 0) is 6.54 Å². The smallest absolute Gasteiger partial charge is 0.213 e. The van der Waals surface area contributed by atoms with Gasteiger partial charge in [-0.2, -0.15) is 5.10 Å². The Morgan fingerprint density at radius 1 is 1.14 bits per heavy atom. The van der Waals surface area contributed by atoms with Gasteiger partial charge in [0.25, 0.3) is 0 Å². The fourth-order valence-electron chi connectivity index (χ4n) is 2.17. The number of benzene rings is 1. The molecule has 1 aromatic carbocycles. The van der Waals surface area contributed by atoms with E-state index in [4.69, 9.17) is 10.5 Å². The molecule has 2 aromatic heterocycles. The van der Waals surface area contributed by atoms with Gasteiger partial charge >= 0.3 is 0 Å². The van der Waals surface area contributed by atoms with Crippen molar-refractivity contribution in [1.29, 1.82) is 0 Å². The molecule has 0 bridgehead atoms. The number of methoxy groups -OCH3 is 1. The first-order valence-electron chi connectivity index (χ1n) is 6.63. The van der Waals surface area contributed by atoms with Crippen molar-refractivity contribution in [3.8, 4) is 17.0 Å². The van der Waals surface area contributed by atoms with Crippen LogP contribution in [0.4, 0.5) is 5.69 Å². The molecule has 0 saturated heterocycles. The van der Waals surface area contributed by atoms with E-state index < -0.39 is 0 Å². The highest BCUT2D eigenvalue weighted by Gasteiger charge is 2.06. The van der Waals surface area contributed by atoms with Gasteiger partial charge in [-0.15, -0.1) is 0 Å². The molecule has 5 heteroatoms. The summed E-state index contributed by atoms with van der Waals surface area (Å²) in [5, 5.41) is 4.36.